The first kappa shape index (κ1) is 19.9. The maximum absolute atomic E-state index is 4.68. The molecule has 1 N–H and O–H groups in total. The van der Waals surface area contributed by atoms with Crippen LogP contribution in [0.25, 0.3) is 5.69 Å². The standard InChI is InChI=1S/C25H32N4/c1-21-23(20-29(27-21)25-12-6-3-7-13-25)11-8-16-26-24-14-17-28(18-15-24)19-22-9-4-2-5-10-22/h2-7,9-10,12-13,20,24,26H,8,11,14-19H2,1H3. The maximum Gasteiger partial charge on any atom is 0.0645 e. The van der Waals surface area contributed by atoms with Crippen LogP contribution < -0.4 is 5.32 Å². The Morgan fingerprint density at radius 2 is 1.66 bits per heavy atom. The lowest BCUT2D eigenvalue weighted by atomic mass is 10.0. The second-order valence-corrected chi connectivity index (χ2v) is 8.11. The van der Waals surface area contributed by atoms with E-state index >= 15 is 0 Å². The molecule has 0 spiro atoms. The van der Waals surface area contributed by atoms with Gasteiger partial charge in [-0.2, -0.15) is 5.10 Å². The summed E-state index contributed by atoms with van der Waals surface area (Å²) < 4.78 is 2.00. The van der Waals surface area contributed by atoms with Crippen LogP contribution in [0, 0.1) is 6.92 Å². The van der Waals surface area contributed by atoms with Gasteiger partial charge in [0, 0.05) is 18.8 Å². The number of nitrogens with one attached hydrogen (secondary N) is 1. The Morgan fingerprint density at radius 1 is 0.966 bits per heavy atom. The monoisotopic (exact) mass is 388 g/mol. The minimum Gasteiger partial charge on any atom is -0.314 e. The van der Waals surface area contributed by atoms with Crippen molar-refractivity contribution in [1.29, 1.82) is 0 Å². The van der Waals surface area contributed by atoms with E-state index in [-0.39, 0.29) is 0 Å². The van der Waals surface area contributed by atoms with Crippen LogP contribution >= 0.6 is 0 Å². The van der Waals surface area contributed by atoms with Crippen molar-refractivity contribution in [3.8, 4) is 5.69 Å². The van der Waals surface area contributed by atoms with E-state index < -0.39 is 0 Å². The van der Waals surface area contributed by atoms with E-state index in [0.29, 0.717) is 6.04 Å². The zero-order chi connectivity index (χ0) is 19.9. The Bertz CT molecular complexity index is 864. The second kappa shape index (κ2) is 9.86. The molecule has 29 heavy (non-hydrogen) atoms. The number of nitrogens with zero attached hydrogens (tertiary/aromatic N) is 3. The summed E-state index contributed by atoms with van der Waals surface area (Å²) in [5.41, 5.74) is 5.05. The molecule has 0 atom stereocenters. The van der Waals surface area contributed by atoms with E-state index in [2.05, 4.69) is 83.0 Å². The lowest BCUT2D eigenvalue weighted by molar-refractivity contribution is 0.190. The van der Waals surface area contributed by atoms with Crippen LogP contribution in [0.2, 0.25) is 0 Å². The molecule has 0 amide bonds. The van der Waals surface area contributed by atoms with Crippen LogP contribution in [-0.4, -0.2) is 40.4 Å². The molecule has 3 aromatic rings. The summed E-state index contributed by atoms with van der Waals surface area (Å²) in [7, 11) is 0. The van der Waals surface area contributed by atoms with Gasteiger partial charge < -0.3 is 5.32 Å². The molecule has 1 fully saturated rings. The van der Waals surface area contributed by atoms with Crippen molar-refractivity contribution >= 4 is 0 Å². The molecule has 0 aliphatic carbocycles. The lowest BCUT2D eigenvalue weighted by Crippen LogP contribution is -2.42. The number of aryl methyl sites for hydroxylation is 2. The minimum atomic E-state index is 0.662. The van der Waals surface area contributed by atoms with Gasteiger partial charge in [-0.1, -0.05) is 48.5 Å². The summed E-state index contributed by atoms with van der Waals surface area (Å²) >= 11 is 0. The van der Waals surface area contributed by atoms with Gasteiger partial charge in [0.05, 0.1) is 11.4 Å². The summed E-state index contributed by atoms with van der Waals surface area (Å²) in [5, 5.41) is 8.46. The van der Waals surface area contributed by atoms with Gasteiger partial charge in [-0.3, -0.25) is 4.90 Å². The molecule has 4 heteroatoms. The van der Waals surface area contributed by atoms with E-state index in [0.717, 1.165) is 37.3 Å². The third-order valence-electron chi connectivity index (χ3n) is 5.91. The molecule has 152 valence electrons. The number of aromatic nitrogens is 2. The van der Waals surface area contributed by atoms with Crippen molar-refractivity contribution in [2.45, 2.75) is 45.2 Å². The van der Waals surface area contributed by atoms with Crippen molar-refractivity contribution in [2.24, 2.45) is 0 Å². The van der Waals surface area contributed by atoms with Gasteiger partial charge in [0.2, 0.25) is 0 Å². The highest BCUT2D eigenvalue weighted by Gasteiger charge is 2.18. The van der Waals surface area contributed by atoms with Crippen molar-refractivity contribution in [2.75, 3.05) is 19.6 Å². The largest absolute Gasteiger partial charge is 0.314 e. The number of rotatable bonds is 8. The maximum atomic E-state index is 4.68. The Labute approximate surface area is 174 Å². The molecule has 1 saturated heterocycles. The fraction of sp³-hybridized carbons (Fsp3) is 0.400. The average molecular weight is 389 g/mol. The summed E-state index contributed by atoms with van der Waals surface area (Å²) in [6.45, 7) is 6.66. The zero-order valence-electron chi connectivity index (χ0n) is 17.4. The SMILES string of the molecule is Cc1nn(-c2ccccc2)cc1CCCNC1CCN(Cc2ccccc2)CC1. The fourth-order valence-electron chi connectivity index (χ4n) is 4.18. The third kappa shape index (κ3) is 5.55. The molecule has 0 saturated carbocycles. The number of benzene rings is 2. The number of hydrogen-bond donors (Lipinski definition) is 1. The number of piperidine rings is 1. The van der Waals surface area contributed by atoms with E-state index in [4.69, 9.17) is 0 Å². The molecule has 2 aromatic carbocycles. The molecule has 1 aliphatic rings. The first-order valence-corrected chi connectivity index (χ1v) is 10.9. The predicted octanol–water partition coefficient (Wildman–Crippen LogP) is 4.37. The Morgan fingerprint density at radius 3 is 2.38 bits per heavy atom. The topological polar surface area (TPSA) is 33.1 Å². The van der Waals surface area contributed by atoms with Crippen LogP contribution in [0.15, 0.2) is 66.9 Å². The van der Waals surface area contributed by atoms with Crippen molar-refractivity contribution in [1.82, 2.24) is 20.0 Å². The van der Waals surface area contributed by atoms with E-state index in [1.807, 2.05) is 10.7 Å². The molecule has 1 aliphatic heterocycles. The van der Waals surface area contributed by atoms with Gasteiger partial charge in [-0.05, 0) is 75.5 Å². The summed E-state index contributed by atoms with van der Waals surface area (Å²) in [4.78, 5) is 2.58. The van der Waals surface area contributed by atoms with Gasteiger partial charge in [-0.15, -0.1) is 0 Å². The molecular weight excluding hydrogens is 356 g/mol. The van der Waals surface area contributed by atoms with Gasteiger partial charge in [0.25, 0.3) is 0 Å². The van der Waals surface area contributed by atoms with Gasteiger partial charge in [0.1, 0.15) is 0 Å². The highest BCUT2D eigenvalue weighted by atomic mass is 15.3. The van der Waals surface area contributed by atoms with Crippen LogP contribution in [0.5, 0.6) is 0 Å². The van der Waals surface area contributed by atoms with Gasteiger partial charge in [0.15, 0.2) is 0 Å². The fourth-order valence-corrected chi connectivity index (χ4v) is 4.18. The molecule has 2 heterocycles. The molecule has 4 nitrogen and oxygen atoms in total. The first-order valence-electron chi connectivity index (χ1n) is 10.9. The van der Waals surface area contributed by atoms with E-state index in [9.17, 15) is 0 Å². The smallest absolute Gasteiger partial charge is 0.0645 e. The van der Waals surface area contributed by atoms with Gasteiger partial charge in [-0.25, -0.2) is 4.68 Å². The van der Waals surface area contributed by atoms with Crippen LogP contribution in [0.1, 0.15) is 36.1 Å². The summed E-state index contributed by atoms with van der Waals surface area (Å²) in [5.74, 6) is 0. The number of hydrogen-bond acceptors (Lipinski definition) is 3. The minimum absolute atomic E-state index is 0.662. The summed E-state index contributed by atoms with van der Waals surface area (Å²) in [6.07, 6.45) is 6.92. The number of para-hydroxylation sites is 1. The normalized spacial score (nSPS) is 15.6. The van der Waals surface area contributed by atoms with Crippen LogP contribution in [0.3, 0.4) is 0 Å². The Balaban J connectivity index is 1.17. The van der Waals surface area contributed by atoms with E-state index in [1.165, 1.54) is 37.1 Å². The molecular formula is C25H32N4. The first-order chi connectivity index (χ1) is 14.3. The highest BCUT2D eigenvalue weighted by Crippen LogP contribution is 2.15. The number of likely N-dealkylation sites (tertiary alicyclic amines) is 1. The van der Waals surface area contributed by atoms with Crippen LogP contribution in [-0.2, 0) is 13.0 Å². The molecule has 0 bridgehead atoms. The van der Waals surface area contributed by atoms with Crippen molar-refractivity contribution in [3.63, 3.8) is 0 Å². The zero-order valence-corrected chi connectivity index (χ0v) is 17.4. The van der Waals surface area contributed by atoms with Crippen LogP contribution in [0.4, 0.5) is 0 Å². The molecule has 0 unspecified atom stereocenters. The third-order valence-corrected chi connectivity index (χ3v) is 5.91. The van der Waals surface area contributed by atoms with Crippen molar-refractivity contribution in [3.05, 3.63) is 83.7 Å². The van der Waals surface area contributed by atoms with E-state index in [1.54, 1.807) is 0 Å². The quantitative estimate of drug-likeness (QED) is 0.582. The molecule has 1 aromatic heterocycles. The molecule has 0 radical (unpaired) electrons. The highest BCUT2D eigenvalue weighted by molar-refractivity contribution is 5.32. The lowest BCUT2D eigenvalue weighted by Gasteiger charge is -2.32. The van der Waals surface area contributed by atoms with Crippen molar-refractivity contribution < 1.29 is 0 Å². The van der Waals surface area contributed by atoms with Gasteiger partial charge >= 0.3 is 0 Å². The Kier molecular flexibility index (Phi) is 6.75. The second-order valence-electron chi connectivity index (χ2n) is 8.11. The molecule has 4 rings (SSSR count). The average Bonchev–Trinajstić information content (AvgIpc) is 3.14. The Hall–Kier alpha value is -2.43. The summed E-state index contributed by atoms with van der Waals surface area (Å²) in [6, 6.07) is 21.8. The predicted molar refractivity (Wildman–Crippen MR) is 119 cm³/mol.